The summed E-state index contributed by atoms with van der Waals surface area (Å²) in [5, 5.41) is 3.22. The molecule has 138 valence electrons. The summed E-state index contributed by atoms with van der Waals surface area (Å²) >= 11 is 0. The van der Waals surface area contributed by atoms with Gasteiger partial charge >= 0.3 is 0 Å². The summed E-state index contributed by atoms with van der Waals surface area (Å²) in [4.78, 5) is 18.8. The molecular formula is C22H22FN3O. The molecule has 1 heterocycles. The zero-order valence-electron chi connectivity index (χ0n) is 15.2. The molecule has 5 heteroatoms. The van der Waals surface area contributed by atoms with Crippen molar-refractivity contribution in [2.45, 2.75) is 20.0 Å². The fourth-order valence-electron chi connectivity index (χ4n) is 2.72. The van der Waals surface area contributed by atoms with Crippen molar-refractivity contribution in [2.24, 2.45) is 0 Å². The molecule has 1 aromatic heterocycles. The fraction of sp³-hybridized carbons (Fsp3) is 0.182. The van der Waals surface area contributed by atoms with Gasteiger partial charge in [0.2, 0.25) is 0 Å². The van der Waals surface area contributed by atoms with E-state index < -0.39 is 0 Å². The van der Waals surface area contributed by atoms with Crippen molar-refractivity contribution in [1.29, 1.82) is 0 Å². The van der Waals surface area contributed by atoms with Gasteiger partial charge in [0, 0.05) is 19.6 Å². The highest BCUT2D eigenvalue weighted by Gasteiger charge is 2.15. The third-order valence-corrected chi connectivity index (χ3v) is 4.28. The van der Waals surface area contributed by atoms with Crippen LogP contribution in [0.5, 0.6) is 0 Å². The number of hydrogen-bond donors (Lipinski definition) is 1. The number of amides is 1. The van der Waals surface area contributed by atoms with Crippen molar-refractivity contribution in [1.82, 2.24) is 9.88 Å². The highest BCUT2D eigenvalue weighted by atomic mass is 19.1. The Hall–Kier alpha value is -3.21. The summed E-state index contributed by atoms with van der Waals surface area (Å²) < 4.78 is 12.9. The molecule has 27 heavy (non-hydrogen) atoms. The summed E-state index contributed by atoms with van der Waals surface area (Å²) in [6.45, 7) is 3.69. The minimum absolute atomic E-state index is 0.0913. The maximum Gasteiger partial charge on any atom is 0.272 e. The lowest BCUT2D eigenvalue weighted by atomic mass is 10.2. The first-order chi connectivity index (χ1) is 13.2. The summed E-state index contributed by atoms with van der Waals surface area (Å²) in [6.07, 6.45) is 1.65. The van der Waals surface area contributed by atoms with Gasteiger partial charge in [-0.1, -0.05) is 42.5 Å². The average molecular weight is 363 g/mol. The first-order valence-corrected chi connectivity index (χ1v) is 8.93. The maximum atomic E-state index is 12.9. The van der Waals surface area contributed by atoms with Gasteiger partial charge in [-0.25, -0.2) is 9.37 Å². The van der Waals surface area contributed by atoms with Crippen LogP contribution in [0.25, 0.3) is 0 Å². The molecule has 0 saturated heterocycles. The molecule has 3 rings (SSSR count). The molecule has 0 bridgehead atoms. The summed E-state index contributed by atoms with van der Waals surface area (Å²) in [7, 11) is 0. The van der Waals surface area contributed by atoms with E-state index in [1.165, 1.54) is 12.1 Å². The van der Waals surface area contributed by atoms with E-state index in [0.717, 1.165) is 16.8 Å². The van der Waals surface area contributed by atoms with Gasteiger partial charge in [0.15, 0.2) is 0 Å². The monoisotopic (exact) mass is 363 g/mol. The van der Waals surface area contributed by atoms with Gasteiger partial charge in [0.05, 0.1) is 11.9 Å². The van der Waals surface area contributed by atoms with Crippen molar-refractivity contribution in [3.8, 4) is 0 Å². The molecule has 0 aliphatic rings. The number of anilines is 1. The van der Waals surface area contributed by atoms with Gasteiger partial charge in [0.1, 0.15) is 11.5 Å². The number of hydrogen-bond acceptors (Lipinski definition) is 3. The molecule has 0 radical (unpaired) electrons. The van der Waals surface area contributed by atoms with Gasteiger partial charge < -0.3 is 10.2 Å². The molecule has 1 N–H and O–H groups in total. The molecule has 0 fully saturated rings. The van der Waals surface area contributed by atoms with Crippen LogP contribution in [0.15, 0.2) is 72.9 Å². The Balaban J connectivity index is 1.61. The minimum atomic E-state index is -0.251. The maximum absolute atomic E-state index is 12.9. The summed E-state index contributed by atoms with van der Waals surface area (Å²) in [6, 6.07) is 19.8. The van der Waals surface area contributed by atoms with Gasteiger partial charge in [-0.3, -0.25) is 4.79 Å². The number of nitrogens with one attached hydrogen (secondary N) is 1. The van der Waals surface area contributed by atoms with E-state index in [0.29, 0.717) is 25.3 Å². The van der Waals surface area contributed by atoms with Crippen molar-refractivity contribution in [3.63, 3.8) is 0 Å². The van der Waals surface area contributed by atoms with Gasteiger partial charge in [0.25, 0.3) is 5.91 Å². The number of aromatic nitrogens is 1. The zero-order valence-corrected chi connectivity index (χ0v) is 15.2. The number of benzene rings is 2. The zero-order chi connectivity index (χ0) is 19.1. The van der Waals surface area contributed by atoms with Crippen LogP contribution in [0, 0.1) is 5.82 Å². The Kier molecular flexibility index (Phi) is 6.15. The highest BCUT2D eigenvalue weighted by molar-refractivity contribution is 5.92. The number of carbonyl (C=O) groups excluding carboxylic acids is 1. The topological polar surface area (TPSA) is 45.2 Å². The molecular weight excluding hydrogens is 341 g/mol. The summed E-state index contributed by atoms with van der Waals surface area (Å²) in [5.41, 5.74) is 3.28. The lowest BCUT2D eigenvalue weighted by molar-refractivity contribution is 0.0746. The molecule has 0 saturated carbocycles. The standard InChI is InChI=1S/C22H22FN3O/c1-2-26(16-18-6-4-3-5-7-18)22(27)21-13-12-20(15-25-21)24-14-17-8-10-19(23)11-9-17/h3-13,15,24H,2,14,16H2,1H3. The van der Waals surface area contributed by atoms with E-state index in [9.17, 15) is 9.18 Å². The number of carbonyl (C=O) groups is 1. The van der Waals surface area contributed by atoms with Crippen molar-refractivity contribution in [3.05, 3.63) is 95.6 Å². The van der Waals surface area contributed by atoms with E-state index in [2.05, 4.69) is 10.3 Å². The Morgan fingerprint density at radius 2 is 1.74 bits per heavy atom. The van der Waals surface area contributed by atoms with Crippen LogP contribution in [0.1, 0.15) is 28.5 Å². The normalized spacial score (nSPS) is 10.4. The number of halogens is 1. The minimum Gasteiger partial charge on any atom is -0.380 e. The van der Waals surface area contributed by atoms with Crippen molar-refractivity contribution in [2.75, 3.05) is 11.9 Å². The Morgan fingerprint density at radius 3 is 2.37 bits per heavy atom. The van der Waals surface area contributed by atoms with Crippen molar-refractivity contribution < 1.29 is 9.18 Å². The van der Waals surface area contributed by atoms with Crippen LogP contribution >= 0.6 is 0 Å². The second-order valence-electron chi connectivity index (χ2n) is 6.22. The molecule has 0 unspecified atom stereocenters. The molecule has 1 amide bonds. The van der Waals surface area contributed by atoms with E-state index in [-0.39, 0.29) is 11.7 Å². The number of rotatable bonds is 7. The third-order valence-electron chi connectivity index (χ3n) is 4.28. The average Bonchev–Trinajstić information content (AvgIpc) is 2.72. The van der Waals surface area contributed by atoms with E-state index in [1.54, 1.807) is 29.3 Å². The molecule has 0 aliphatic carbocycles. The predicted octanol–water partition coefficient (Wildman–Crippen LogP) is 4.50. The van der Waals surface area contributed by atoms with E-state index in [4.69, 9.17) is 0 Å². The van der Waals surface area contributed by atoms with Crippen LogP contribution in [0.2, 0.25) is 0 Å². The molecule has 2 aromatic carbocycles. The van der Waals surface area contributed by atoms with Gasteiger partial charge in [-0.15, -0.1) is 0 Å². The molecule has 0 spiro atoms. The smallest absolute Gasteiger partial charge is 0.272 e. The van der Waals surface area contributed by atoms with E-state index >= 15 is 0 Å². The molecule has 3 aromatic rings. The van der Waals surface area contributed by atoms with E-state index in [1.807, 2.05) is 43.3 Å². The lowest BCUT2D eigenvalue weighted by Crippen LogP contribution is -2.30. The first kappa shape index (κ1) is 18.6. The van der Waals surface area contributed by atoms with Gasteiger partial charge in [-0.05, 0) is 42.3 Å². The van der Waals surface area contributed by atoms with Crippen molar-refractivity contribution >= 4 is 11.6 Å². The predicted molar refractivity (Wildman–Crippen MR) is 105 cm³/mol. The molecule has 0 atom stereocenters. The largest absolute Gasteiger partial charge is 0.380 e. The first-order valence-electron chi connectivity index (χ1n) is 8.93. The number of pyridine rings is 1. The molecule has 0 aliphatic heterocycles. The molecule has 4 nitrogen and oxygen atoms in total. The highest BCUT2D eigenvalue weighted by Crippen LogP contribution is 2.13. The van der Waals surface area contributed by atoms with Crippen LogP contribution in [-0.4, -0.2) is 22.3 Å². The van der Waals surface area contributed by atoms with Crippen LogP contribution in [0.3, 0.4) is 0 Å². The summed E-state index contributed by atoms with van der Waals surface area (Å²) in [5.74, 6) is -0.342. The Labute approximate surface area is 158 Å². The SMILES string of the molecule is CCN(Cc1ccccc1)C(=O)c1ccc(NCc2ccc(F)cc2)cn1. The van der Waals surface area contributed by atoms with Crippen LogP contribution in [0.4, 0.5) is 10.1 Å². The fourth-order valence-corrected chi connectivity index (χ4v) is 2.72. The second-order valence-corrected chi connectivity index (χ2v) is 6.22. The third kappa shape index (κ3) is 5.14. The lowest BCUT2D eigenvalue weighted by Gasteiger charge is -2.20. The quantitative estimate of drug-likeness (QED) is 0.672. The van der Waals surface area contributed by atoms with Gasteiger partial charge in [-0.2, -0.15) is 0 Å². The second kappa shape index (κ2) is 8.94. The van der Waals surface area contributed by atoms with Crippen LogP contribution in [-0.2, 0) is 13.1 Å². The Bertz CT molecular complexity index is 864. The number of nitrogens with zero attached hydrogens (tertiary/aromatic N) is 2. The van der Waals surface area contributed by atoms with Crippen LogP contribution < -0.4 is 5.32 Å². The Morgan fingerprint density at radius 1 is 1.00 bits per heavy atom.